The van der Waals surface area contributed by atoms with Gasteiger partial charge in [-0.05, 0) is 54.7 Å². The van der Waals surface area contributed by atoms with Gasteiger partial charge in [0.25, 0.3) is 0 Å². The minimum absolute atomic E-state index is 0.0821. The van der Waals surface area contributed by atoms with Crippen molar-refractivity contribution in [2.45, 2.75) is 32.2 Å². The smallest absolute Gasteiger partial charge is 0.335 e. The lowest BCUT2D eigenvalue weighted by Crippen LogP contribution is -2.36. The van der Waals surface area contributed by atoms with E-state index in [2.05, 4.69) is 32.1 Å². The van der Waals surface area contributed by atoms with E-state index in [-0.39, 0.29) is 11.6 Å². The van der Waals surface area contributed by atoms with Gasteiger partial charge in [-0.3, -0.25) is 0 Å². The second-order valence-electron chi connectivity index (χ2n) is 8.20. The molecule has 4 aromatic rings. The van der Waals surface area contributed by atoms with Gasteiger partial charge in [-0.2, -0.15) is 0 Å². The monoisotopic (exact) mass is 446 g/mol. The van der Waals surface area contributed by atoms with Crippen LogP contribution in [0.5, 0.6) is 0 Å². The highest BCUT2D eigenvalue weighted by molar-refractivity contribution is 5.89. The molecule has 1 aliphatic rings. The molecule has 0 radical (unpaired) electrons. The largest absolute Gasteiger partial charge is 0.478 e. The fraction of sp³-hybridized carbons (Fsp3) is 0.292. The highest BCUT2D eigenvalue weighted by atomic mass is 19.1. The second-order valence-corrected chi connectivity index (χ2v) is 8.20. The maximum atomic E-state index is 14.5. The molecule has 1 saturated heterocycles. The van der Waals surface area contributed by atoms with Crippen molar-refractivity contribution < 1.29 is 14.3 Å². The first-order valence-corrected chi connectivity index (χ1v) is 11.0. The van der Waals surface area contributed by atoms with Crippen LogP contribution >= 0.6 is 0 Å². The fourth-order valence-corrected chi connectivity index (χ4v) is 4.27. The number of anilines is 1. The molecule has 8 nitrogen and oxygen atoms in total. The van der Waals surface area contributed by atoms with Crippen LogP contribution in [0.15, 0.2) is 48.8 Å². The average molecular weight is 446 g/mol. The van der Waals surface area contributed by atoms with Crippen LogP contribution in [-0.4, -0.2) is 49.1 Å². The molecule has 2 aromatic heterocycles. The third kappa shape index (κ3) is 4.02. The standard InChI is InChI=1S/C24H23FN6O2/c1-2-15-13-26-24(27-14-15)30-9-7-18(8-10-30)31-22-6-4-16(12-21(22)28-29-31)19-5-3-17(23(32)33)11-20(19)25/h3-6,11-14,18H,2,7-10H2,1H3,(H,32,33). The molecular weight excluding hydrogens is 423 g/mol. The van der Waals surface area contributed by atoms with Crippen molar-refractivity contribution in [1.29, 1.82) is 0 Å². The van der Waals surface area contributed by atoms with Crippen molar-refractivity contribution in [3.8, 4) is 11.1 Å². The molecule has 0 amide bonds. The number of aromatic carboxylic acids is 1. The Kier molecular flexibility index (Phi) is 5.45. The van der Waals surface area contributed by atoms with E-state index in [9.17, 15) is 9.18 Å². The molecule has 0 bridgehead atoms. The molecule has 2 aromatic carbocycles. The SMILES string of the molecule is CCc1cnc(N2CCC(n3nnc4cc(-c5ccc(C(=O)O)cc5F)ccc43)CC2)nc1. The summed E-state index contributed by atoms with van der Waals surface area (Å²) in [5, 5.41) is 17.7. The number of piperidine rings is 1. The van der Waals surface area contributed by atoms with Crippen LogP contribution < -0.4 is 4.90 Å². The fourth-order valence-electron chi connectivity index (χ4n) is 4.27. The van der Waals surface area contributed by atoms with Crippen molar-refractivity contribution in [2.24, 2.45) is 0 Å². The summed E-state index contributed by atoms with van der Waals surface area (Å²) in [6.45, 7) is 3.74. The molecule has 5 rings (SSSR count). The summed E-state index contributed by atoms with van der Waals surface area (Å²) >= 11 is 0. The topological polar surface area (TPSA) is 97.0 Å². The molecular formula is C24H23FN6O2. The first kappa shape index (κ1) is 21.0. The quantitative estimate of drug-likeness (QED) is 0.492. The lowest BCUT2D eigenvalue weighted by molar-refractivity contribution is 0.0696. The number of carboxylic acids is 1. The summed E-state index contributed by atoms with van der Waals surface area (Å²) in [7, 11) is 0. The summed E-state index contributed by atoms with van der Waals surface area (Å²) < 4.78 is 16.4. The van der Waals surface area contributed by atoms with Crippen LogP contribution in [-0.2, 0) is 6.42 Å². The predicted molar refractivity (Wildman–Crippen MR) is 122 cm³/mol. The Labute approximate surface area is 189 Å². The first-order valence-electron chi connectivity index (χ1n) is 11.0. The molecule has 0 aliphatic carbocycles. The van der Waals surface area contributed by atoms with E-state index in [1.165, 1.54) is 12.1 Å². The minimum atomic E-state index is -1.16. The summed E-state index contributed by atoms with van der Waals surface area (Å²) in [5.74, 6) is -0.979. The average Bonchev–Trinajstić information content (AvgIpc) is 3.27. The number of fused-ring (bicyclic) bond motifs is 1. The van der Waals surface area contributed by atoms with Gasteiger partial charge in [0.1, 0.15) is 11.3 Å². The number of carboxylic acid groups (broad SMARTS) is 1. The van der Waals surface area contributed by atoms with E-state index in [1.807, 2.05) is 29.2 Å². The van der Waals surface area contributed by atoms with Crippen molar-refractivity contribution in [3.05, 3.63) is 65.7 Å². The Morgan fingerprint density at radius 2 is 1.88 bits per heavy atom. The van der Waals surface area contributed by atoms with Crippen molar-refractivity contribution >= 4 is 23.0 Å². The van der Waals surface area contributed by atoms with Crippen molar-refractivity contribution in [3.63, 3.8) is 0 Å². The number of halogens is 1. The number of aromatic nitrogens is 5. The number of hydrogen-bond donors (Lipinski definition) is 1. The van der Waals surface area contributed by atoms with E-state index in [0.717, 1.165) is 55.4 Å². The number of carbonyl (C=O) groups is 1. The first-order chi connectivity index (χ1) is 16.0. The van der Waals surface area contributed by atoms with Crippen LogP contribution in [0.4, 0.5) is 10.3 Å². The zero-order valence-electron chi connectivity index (χ0n) is 18.1. The summed E-state index contributed by atoms with van der Waals surface area (Å²) in [6.07, 6.45) is 6.47. The van der Waals surface area contributed by atoms with Gasteiger partial charge in [0.15, 0.2) is 0 Å². The number of benzene rings is 2. The van der Waals surface area contributed by atoms with Crippen LogP contribution in [0.25, 0.3) is 22.2 Å². The van der Waals surface area contributed by atoms with Gasteiger partial charge in [-0.25, -0.2) is 23.8 Å². The van der Waals surface area contributed by atoms with Gasteiger partial charge in [0.05, 0.1) is 17.1 Å². The third-order valence-electron chi connectivity index (χ3n) is 6.19. The van der Waals surface area contributed by atoms with Gasteiger partial charge in [-0.1, -0.05) is 24.3 Å². The molecule has 1 N–H and O–H groups in total. The molecule has 168 valence electrons. The minimum Gasteiger partial charge on any atom is -0.478 e. The Bertz CT molecular complexity index is 1310. The van der Waals surface area contributed by atoms with E-state index in [4.69, 9.17) is 5.11 Å². The molecule has 33 heavy (non-hydrogen) atoms. The van der Waals surface area contributed by atoms with Crippen molar-refractivity contribution in [2.75, 3.05) is 18.0 Å². The second kappa shape index (κ2) is 8.57. The highest BCUT2D eigenvalue weighted by Gasteiger charge is 2.24. The Morgan fingerprint density at radius 3 is 2.55 bits per heavy atom. The molecule has 1 fully saturated rings. The van der Waals surface area contributed by atoms with Gasteiger partial charge in [0, 0.05) is 31.0 Å². The Hall–Kier alpha value is -3.88. The van der Waals surface area contributed by atoms with Gasteiger partial charge >= 0.3 is 5.97 Å². The molecule has 0 unspecified atom stereocenters. The zero-order chi connectivity index (χ0) is 22.9. The van der Waals surface area contributed by atoms with Gasteiger partial charge < -0.3 is 10.0 Å². The van der Waals surface area contributed by atoms with E-state index >= 15 is 0 Å². The number of aryl methyl sites for hydroxylation is 1. The molecule has 0 spiro atoms. The van der Waals surface area contributed by atoms with Gasteiger partial charge in [-0.15, -0.1) is 5.10 Å². The lowest BCUT2D eigenvalue weighted by atomic mass is 10.0. The van der Waals surface area contributed by atoms with Crippen LogP contribution in [0, 0.1) is 5.82 Å². The van der Waals surface area contributed by atoms with Crippen molar-refractivity contribution in [1.82, 2.24) is 25.0 Å². The Balaban J connectivity index is 1.34. The predicted octanol–water partition coefficient (Wildman–Crippen LogP) is 4.13. The third-order valence-corrected chi connectivity index (χ3v) is 6.19. The molecule has 3 heterocycles. The van der Waals surface area contributed by atoms with E-state index < -0.39 is 11.8 Å². The molecule has 0 saturated carbocycles. The number of nitrogens with zero attached hydrogens (tertiary/aromatic N) is 6. The zero-order valence-corrected chi connectivity index (χ0v) is 18.1. The lowest BCUT2D eigenvalue weighted by Gasteiger charge is -2.32. The maximum absolute atomic E-state index is 14.5. The summed E-state index contributed by atoms with van der Waals surface area (Å²) in [5.41, 5.74) is 3.57. The Morgan fingerprint density at radius 1 is 1.12 bits per heavy atom. The van der Waals surface area contributed by atoms with E-state index in [1.54, 1.807) is 6.07 Å². The maximum Gasteiger partial charge on any atom is 0.335 e. The molecule has 9 heteroatoms. The van der Waals surface area contributed by atoms with E-state index in [0.29, 0.717) is 16.6 Å². The summed E-state index contributed by atoms with van der Waals surface area (Å²) in [6, 6.07) is 9.62. The summed E-state index contributed by atoms with van der Waals surface area (Å²) in [4.78, 5) is 22.2. The highest BCUT2D eigenvalue weighted by Crippen LogP contribution is 2.30. The normalized spacial score (nSPS) is 14.7. The number of rotatable bonds is 5. The van der Waals surface area contributed by atoms with Crippen LogP contribution in [0.2, 0.25) is 0 Å². The van der Waals surface area contributed by atoms with Gasteiger partial charge in [0.2, 0.25) is 5.95 Å². The number of hydrogen-bond acceptors (Lipinski definition) is 6. The van der Waals surface area contributed by atoms with Crippen LogP contribution in [0.1, 0.15) is 41.7 Å². The van der Waals surface area contributed by atoms with Crippen LogP contribution in [0.3, 0.4) is 0 Å². The molecule has 0 atom stereocenters. The molecule has 1 aliphatic heterocycles.